The van der Waals surface area contributed by atoms with Gasteiger partial charge >= 0.3 is 6.61 Å². The molecule has 1 heterocycles. The lowest BCUT2D eigenvalue weighted by Crippen LogP contribution is -2.47. The maximum atomic E-state index is 12.6. The van der Waals surface area contributed by atoms with Crippen LogP contribution in [0.3, 0.4) is 0 Å². The third kappa shape index (κ3) is 3.83. The fraction of sp³-hybridized carbons (Fsp3) is 0.600. The first-order valence-electron chi connectivity index (χ1n) is 6.99. The molecule has 2 atom stereocenters. The van der Waals surface area contributed by atoms with E-state index in [4.69, 9.17) is 9.47 Å². The van der Waals surface area contributed by atoms with Gasteiger partial charge in [-0.05, 0) is 19.9 Å². The van der Waals surface area contributed by atoms with Gasteiger partial charge in [0.1, 0.15) is 0 Å². The molecule has 0 aromatic heterocycles. The molecule has 1 aliphatic rings. The van der Waals surface area contributed by atoms with E-state index in [9.17, 15) is 8.78 Å². The number of benzene rings is 1. The zero-order valence-electron chi connectivity index (χ0n) is 12.5. The van der Waals surface area contributed by atoms with E-state index in [2.05, 4.69) is 16.6 Å². The van der Waals surface area contributed by atoms with Crippen LogP contribution in [-0.2, 0) is 11.3 Å². The SMILES string of the molecule is COc1cccc(CN2CCO[C@H](C)[C@H]2C)c1OC(F)F. The van der Waals surface area contributed by atoms with Gasteiger partial charge in [-0.25, -0.2) is 0 Å². The first-order chi connectivity index (χ1) is 10.0. The monoisotopic (exact) mass is 301 g/mol. The molecule has 0 N–H and O–H groups in total. The molecule has 118 valence electrons. The molecule has 1 aliphatic heterocycles. The topological polar surface area (TPSA) is 30.9 Å². The largest absolute Gasteiger partial charge is 0.493 e. The number of para-hydroxylation sites is 1. The highest BCUT2D eigenvalue weighted by molar-refractivity contribution is 5.46. The van der Waals surface area contributed by atoms with E-state index < -0.39 is 6.61 Å². The van der Waals surface area contributed by atoms with Crippen LogP contribution in [0.2, 0.25) is 0 Å². The normalized spacial score (nSPS) is 23.3. The smallest absolute Gasteiger partial charge is 0.387 e. The third-order valence-electron chi connectivity index (χ3n) is 3.88. The standard InChI is InChI=1S/C15H21F2NO3/c1-10-11(2)20-8-7-18(10)9-12-5-4-6-13(19-3)14(12)21-15(16)17/h4-6,10-11,15H,7-9H2,1-3H3/t10-,11-/m1/s1. The lowest BCUT2D eigenvalue weighted by molar-refractivity contribution is -0.0629. The van der Waals surface area contributed by atoms with Gasteiger partial charge in [-0.3, -0.25) is 4.90 Å². The predicted molar refractivity (Wildman–Crippen MR) is 74.9 cm³/mol. The molecule has 0 saturated carbocycles. The Morgan fingerprint density at radius 1 is 1.38 bits per heavy atom. The van der Waals surface area contributed by atoms with Crippen LogP contribution >= 0.6 is 0 Å². The highest BCUT2D eigenvalue weighted by atomic mass is 19.3. The van der Waals surface area contributed by atoms with Crippen LogP contribution in [0.25, 0.3) is 0 Å². The summed E-state index contributed by atoms with van der Waals surface area (Å²) >= 11 is 0. The highest BCUT2D eigenvalue weighted by Crippen LogP contribution is 2.34. The molecule has 0 amide bonds. The number of hydrogen-bond acceptors (Lipinski definition) is 4. The zero-order valence-corrected chi connectivity index (χ0v) is 12.5. The van der Waals surface area contributed by atoms with Crippen molar-refractivity contribution in [2.24, 2.45) is 0 Å². The molecule has 0 bridgehead atoms. The Balaban J connectivity index is 2.22. The van der Waals surface area contributed by atoms with Crippen molar-refractivity contribution in [2.45, 2.75) is 39.1 Å². The molecule has 0 spiro atoms. The van der Waals surface area contributed by atoms with Gasteiger partial charge in [0.25, 0.3) is 0 Å². The Morgan fingerprint density at radius 3 is 2.81 bits per heavy atom. The van der Waals surface area contributed by atoms with Gasteiger partial charge in [-0.1, -0.05) is 12.1 Å². The molecule has 1 aromatic carbocycles. The number of halogens is 2. The second kappa shape index (κ2) is 7.04. The van der Waals surface area contributed by atoms with Gasteiger partial charge in [0.05, 0.1) is 19.8 Å². The Kier molecular flexibility index (Phi) is 5.36. The molecule has 4 nitrogen and oxygen atoms in total. The summed E-state index contributed by atoms with van der Waals surface area (Å²) in [7, 11) is 1.44. The van der Waals surface area contributed by atoms with Gasteiger partial charge in [0.15, 0.2) is 11.5 Å². The van der Waals surface area contributed by atoms with E-state index in [1.807, 2.05) is 6.92 Å². The minimum atomic E-state index is -2.87. The zero-order chi connectivity index (χ0) is 15.4. The van der Waals surface area contributed by atoms with Crippen molar-refractivity contribution >= 4 is 0 Å². The summed E-state index contributed by atoms with van der Waals surface area (Å²) in [6, 6.07) is 5.39. The number of ether oxygens (including phenoxy) is 3. The van der Waals surface area contributed by atoms with Crippen LogP contribution < -0.4 is 9.47 Å². The van der Waals surface area contributed by atoms with Gasteiger partial charge in [0, 0.05) is 24.7 Å². The van der Waals surface area contributed by atoms with Crippen molar-refractivity contribution in [1.82, 2.24) is 4.90 Å². The quantitative estimate of drug-likeness (QED) is 0.837. The van der Waals surface area contributed by atoms with Crippen LogP contribution in [0.5, 0.6) is 11.5 Å². The summed E-state index contributed by atoms with van der Waals surface area (Å²) < 4.78 is 40.6. The van der Waals surface area contributed by atoms with Crippen LogP contribution in [0.4, 0.5) is 8.78 Å². The fourth-order valence-corrected chi connectivity index (χ4v) is 2.51. The van der Waals surface area contributed by atoms with Crippen molar-refractivity contribution in [3.8, 4) is 11.5 Å². The van der Waals surface area contributed by atoms with Crippen LogP contribution in [-0.4, -0.2) is 43.9 Å². The number of methoxy groups -OCH3 is 1. The Labute approximate surface area is 123 Å². The minimum Gasteiger partial charge on any atom is -0.493 e. The van der Waals surface area contributed by atoms with Crippen molar-refractivity contribution in [2.75, 3.05) is 20.3 Å². The second-order valence-corrected chi connectivity index (χ2v) is 5.11. The summed E-state index contributed by atoms with van der Waals surface area (Å²) in [5, 5.41) is 0. The first-order valence-corrected chi connectivity index (χ1v) is 6.99. The van der Waals surface area contributed by atoms with E-state index in [1.54, 1.807) is 18.2 Å². The van der Waals surface area contributed by atoms with Gasteiger partial charge in [-0.15, -0.1) is 0 Å². The van der Waals surface area contributed by atoms with Crippen molar-refractivity contribution in [3.05, 3.63) is 23.8 Å². The second-order valence-electron chi connectivity index (χ2n) is 5.11. The maximum Gasteiger partial charge on any atom is 0.387 e. The van der Waals surface area contributed by atoms with Crippen molar-refractivity contribution < 1.29 is 23.0 Å². The molecular formula is C15H21F2NO3. The lowest BCUT2D eigenvalue weighted by atomic mass is 10.1. The van der Waals surface area contributed by atoms with Gasteiger partial charge < -0.3 is 14.2 Å². The number of alkyl halides is 2. The van der Waals surface area contributed by atoms with E-state index >= 15 is 0 Å². The van der Waals surface area contributed by atoms with Crippen molar-refractivity contribution in [3.63, 3.8) is 0 Å². The summed E-state index contributed by atoms with van der Waals surface area (Å²) in [6.45, 7) is 3.13. The summed E-state index contributed by atoms with van der Waals surface area (Å²) in [4.78, 5) is 2.20. The van der Waals surface area contributed by atoms with Crippen molar-refractivity contribution in [1.29, 1.82) is 0 Å². The minimum absolute atomic E-state index is 0.112. The van der Waals surface area contributed by atoms with E-state index in [0.29, 0.717) is 24.5 Å². The molecule has 21 heavy (non-hydrogen) atoms. The predicted octanol–water partition coefficient (Wildman–Crippen LogP) is 2.91. The average Bonchev–Trinajstić information content (AvgIpc) is 2.45. The summed E-state index contributed by atoms with van der Waals surface area (Å²) in [6.07, 6.45) is 0.115. The molecule has 0 aliphatic carbocycles. The molecule has 0 unspecified atom stereocenters. The van der Waals surface area contributed by atoms with Gasteiger partial charge in [-0.2, -0.15) is 8.78 Å². The van der Waals surface area contributed by atoms with Crippen LogP contribution in [0, 0.1) is 0 Å². The van der Waals surface area contributed by atoms with E-state index in [-0.39, 0.29) is 17.9 Å². The molecular weight excluding hydrogens is 280 g/mol. The first kappa shape index (κ1) is 16.0. The Bertz CT molecular complexity index is 470. The maximum absolute atomic E-state index is 12.6. The third-order valence-corrected chi connectivity index (χ3v) is 3.88. The van der Waals surface area contributed by atoms with E-state index in [1.165, 1.54) is 7.11 Å². The number of rotatable bonds is 5. The van der Waals surface area contributed by atoms with Crippen LogP contribution in [0.1, 0.15) is 19.4 Å². The molecule has 6 heteroatoms. The lowest BCUT2D eigenvalue weighted by Gasteiger charge is -2.38. The fourth-order valence-electron chi connectivity index (χ4n) is 2.51. The Hall–Kier alpha value is -1.40. The molecule has 0 radical (unpaired) electrons. The highest BCUT2D eigenvalue weighted by Gasteiger charge is 2.27. The number of nitrogens with zero attached hydrogens (tertiary/aromatic N) is 1. The number of morpholine rings is 1. The molecule has 1 fully saturated rings. The Morgan fingerprint density at radius 2 is 2.14 bits per heavy atom. The molecule has 1 saturated heterocycles. The number of hydrogen-bond donors (Lipinski definition) is 0. The average molecular weight is 301 g/mol. The molecule has 1 aromatic rings. The summed E-state index contributed by atoms with van der Waals surface area (Å²) in [5.41, 5.74) is 0.690. The summed E-state index contributed by atoms with van der Waals surface area (Å²) in [5.74, 6) is 0.433. The van der Waals surface area contributed by atoms with Crippen LogP contribution in [0.15, 0.2) is 18.2 Å². The van der Waals surface area contributed by atoms with Gasteiger partial charge in [0.2, 0.25) is 0 Å². The van der Waals surface area contributed by atoms with E-state index in [0.717, 1.165) is 6.54 Å². The molecule has 2 rings (SSSR count).